The Balaban J connectivity index is 1.88. The second-order valence-electron chi connectivity index (χ2n) is 4.35. The Kier molecular flexibility index (Phi) is 2.52. The van der Waals surface area contributed by atoms with Crippen LogP contribution in [0.2, 0.25) is 0 Å². The number of ketones is 1. The number of benzene rings is 1. The topological polar surface area (TPSA) is 48.1 Å². The van der Waals surface area contributed by atoms with Crippen molar-refractivity contribution in [2.75, 3.05) is 20.3 Å². The first-order valence-corrected chi connectivity index (χ1v) is 5.76. The smallest absolute Gasteiger partial charge is 0.163 e. The molecule has 1 atom stereocenters. The molecule has 0 saturated carbocycles. The zero-order valence-electron chi connectivity index (χ0n) is 9.69. The molecule has 1 saturated heterocycles. The molecule has 17 heavy (non-hydrogen) atoms. The van der Waals surface area contributed by atoms with Crippen LogP contribution in [0.4, 0.5) is 0 Å². The quantitative estimate of drug-likeness (QED) is 0.742. The molecule has 1 heterocycles. The van der Waals surface area contributed by atoms with Gasteiger partial charge in [-0.15, -0.1) is 0 Å². The van der Waals surface area contributed by atoms with Gasteiger partial charge in [0.05, 0.1) is 13.7 Å². The van der Waals surface area contributed by atoms with Crippen molar-refractivity contribution in [3.63, 3.8) is 0 Å². The van der Waals surface area contributed by atoms with Gasteiger partial charge in [0.25, 0.3) is 0 Å². The standard InChI is InChI=1S/C13H14O4/c1-15-12-5-10-8(2-3-11(10)14)4-13(12)17-7-9-6-16-9/h4-5,9H,2-3,6-7H2,1H3/t9-/m0/s1. The molecule has 0 spiro atoms. The number of ether oxygens (including phenoxy) is 3. The molecular weight excluding hydrogens is 220 g/mol. The molecule has 3 rings (SSSR count). The van der Waals surface area contributed by atoms with Gasteiger partial charge in [0.15, 0.2) is 17.3 Å². The Bertz CT molecular complexity index is 463. The molecule has 0 radical (unpaired) electrons. The molecule has 1 aromatic carbocycles. The van der Waals surface area contributed by atoms with Crippen LogP contribution >= 0.6 is 0 Å². The number of carbonyl (C=O) groups excluding carboxylic acids is 1. The number of hydrogen-bond acceptors (Lipinski definition) is 4. The molecule has 1 aliphatic carbocycles. The first-order valence-electron chi connectivity index (χ1n) is 5.76. The number of epoxide rings is 1. The van der Waals surface area contributed by atoms with Crippen LogP contribution in [-0.2, 0) is 11.2 Å². The Morgan fingerprint density at radius 1 is 1.35 bits per heavy atom. The van der Waals surface area contributed by atoms with E-state index in [0.29, 0.717) is 24.5 Å². The molecule has 4 nitrogen and oxygen atoms in total. The van der Waals surface area contributed by atoms with Crippen molar-refractivity contribution in [3.8, 4) is 11.5 Å². The van der Waals surface area contributed by atoms with Crippen molar-refractivity contribution >= 4 is 5.78 Å². The highest BCUT2D eigenvalue weighted by molar-refractivity contribution is 6.01. The van der Waals surface area contributed by atoms with Gasteiger partial charge in [0.2, 0.25) is 0 Å². The molecule has 90 valence electrons. The fraction of sp³-hybridized carbons (Fsp3) is 0.462. The zero-order chi connectivity index (χ0) is 11.8. The van der Waals surface area contributed by atoms with Crippen LogP contribution in [0.1, 0.15) is 22.3 Å². The molecule has 0 aromatic heterocycles. The maximum Gasteiger partial charge on any atom is 0.163 e. The third kappa shape index (κ3) is 2.00. The monoisotopic (exact) mass is 234 g/mol. The highest BCUT2D eigenvalue weighted by Gasteiger charge is 2.26. The third-order valence-electron chi connectivity index (χ3n) is 3.14. The van der Waals surface area contributed by atoms with Gasteiger partial charge in [-0.05, 0) is 24.1 Å². The minimum Gasteiger partial charge on any atom is -0.493 e. The van der Waals surface area contributed by atoms with Gasteiger partial charge in [0.1, 0.15) is 12.7 Å². The highest BCUT2D eigenvalue weighted by atomic mass is 16.6. The van der Waals surface area contributed by atoms with E-state index >= 15 is 0 Å². The van der Waals surface area contributed by atoms with Crippen LogP contribution in [-0.4, -0.2) is 32.2 Å². The van der Waals surface area contributed by atoms with Gasteiger partial charge in [-0.2, -0.15) is 0 Å². The molecule has 0 bridgehead atoms. The summed E-state index contributed by atoms with van der Waals surface area (Å²) in [4.78, 5) is 11.6. The second-order valence-corrected chi connectivity index (χ2v) is 4.35. The maximum absolute atomic E-state index is 11.6. The molecule has 0 unspecified atom stereocenters. The summed E-state index contributed by atoms with van der Waals surface area (Å²) < 4.78 is 16.0. The van der Waals surface area contributed by atoms with Crippen molar-refractivity contribution in [1.82, 2.24) is 0 Å². The van der Waals surface area contributed by atoms with E-state index < -0.39 is 0 Å². The van der Waals surface area contributed by atoms with Crippen molar-refractivity contribution in [2.45, 2.75) is 18.9 Å². The van der Waals surface area contributed by atoms with Gasteiger partial charge in [-0.1, -0.05) is 0 Å². The van der Waals surface area contributed by atoms with Gasteiger partial charge in [0, 0.05) is 12.0 Å². The molecule has 1 aromatic rings. The summed E-state index contributed by atoms with van der Waals surface area (Å²) in [7, 11) is 1.58. The van der Waals surface area contributed by atoms with Crippen molar-refractivity contribution < 1.29 is 19.0 Å². The van der Waals surface area contributed by atoms with E-state index in [-0.39, 0.29) is 11.9 Å². The van der Waals surface area contributed by atoms with Crippen molar-refractivity contribution in [2.24, 2.45) is 0 Å². The molecule has 0 N–H and O–H groups in total. The van der Waals surface area contributed by atoms with Gasteiger partial charge in [-0.3, -0.25) is 4.79 Å². The second kappa shape index (κ2) is 4.04. The number of Topliss-reactive ketones (excluding diaryl/α,β-unsaturated/α-hetero) is 1. The summed E-state index contributed by atoms with van der Waals surface area (Å²) in [6.07, 6.45) is 1.61. The number of carbonyl (C=O) groups is 1. The fourth-order valence-electron chi connectivity index (χ4n) is 2.07. The lowest BCUT2D eigenvalue weighted by Crippen LogP contribution is -2.06. The average Bonchev–Trinajstić information content (AvgIpc) is 3.11. The predicted molar refractivity (Wildman–Crippen MR) is 60.9 cm³/mol. The Morgan fingerprint density at radius 3 is 2.88 bits per heavy atom. The maximum atomic E-state index is 11.6. The van der Waals surface area contributed by atoms with E-state index in [1.807, 2.05) is 6.07 Å². The first kappa shape index (κ1) is 10.6. The Hall–Kier alpha value is -1.55. The number of rotatable bonds is 4. The number of methoxy groups -OCH3 is 1. The summed E-state index contributed by atoms with van der Waals surface area (Å²) in [6, 6.07) is 3.70. The van der Waals surface area contributed by atoms with Crippen LogP contribution in [0.15, 0.2) is 12.1 Å². The van der Waals surface area contributed by atoms with Crippen LogP contribution in [0.25, 0.3) is 0 Å². The summed E-state index contributed by atoms with van der Waals surface area (Å²) in [6.45, 7) is 1.31. The summed E-state index contributed by atoms with van der Waals surface area (Å²) in [5, 5.41) is 0. The normalized spacial score (nSPS) is 21.2. The van der Waals surface area contributed by atoms with E-state index in [9.17, 15) is 4.79 Å². The molecule has 0 amide bonds. The van der Waals surface area contributed by atoms with Crippen LogP contribution in [0, 0.1) is 0 Å². The van der Waals surface area contributed by atoms with E-state index in [1.165, 1.54) is 0 Å². The largest absolute Gasteiger partial charge is 0.493 e. The summed E-state index contributed by atoms with van der Waals surface area (Å²) in [5.74, 6) is 1.52. The van der Waals surface area contributed by atoms with Crippen molar-refractivity contribution in [1.29, 1.82) is 0 Å². The summed E-state index contributed by atoms with van der Waals surface area (Å²) in [5.41, 5.74) is 1.83. The van der Waals surface area contributed by atoms with Crippen LogP contribution < -0.4 is 9.47 Å². The SMILES string of the molecule is COc1cc2c(cc1OC[C@@H]1CO1)CCC2=O. The summed E-state index contributed by atoms with van der Waals surface area (Å²) >= 11 is 0. The lowest BCUT2D eigenvalue weighted by Gasteiger charge is -2.11. The van der Waals surface area contributed by atoms with Crippen molar-refractivity contribution in [3.05, 3.63) is 23.3 Å². The van der Waals surface area contributed by atoms with E-state index in [2.05, 4.69) is 0 Å². The van der Waals surface area contributed by atoms with E-state index in [1.54, 1.807) is 13.2 Å². The molecule has 2 aliphatic rings. The minimum atomic E-state index is 0.190. The lowest BCUT2D eigenvalue weighted by molar-refractivity contribution is 0.0994. The van der Waals surface area contributed by atoms with Crippen LogP contribution in [0.3, 0.4) is 0 Å². The Labute approximate surface area is 99.5 Å². The molecule has 1 aliphatic heterocycles. The molecular formula is C13H14O4. The van der Waals surface area contributed by atoms with Gasteiger partial charge in [-0.25, -0.2) is 0 Å². The van der Waals surface area contributed by atoms with E-state index in [0.717, 1.165) is 24.2 Å². The van der Waals surface area contributed by atoms with Gasteiger partial charge < -0.3 is 14.2 Å². The van der Waals surface area contributed by atoms with Crippen LogP contribution in [0.5, 0.6) is 11.5 Å². The first-order chi connectivity index (χ1) is 8.28. The zero-order valence-corrected chi connectivity index (χ0v) is 9.69. The highest BCUT2D eigenvalue weighted by Crippen LogP contribution is 2.35. The third-order valence-corrected chi connectivity index (χ3v) is 3.14. The molecule has 4 heteroatoms. The number of hydrogen-bond donors (Lipinski definition) is 0. The number of fused-ring (bicyclic) bond motifs is 1. The number of aryl methyl sites for hydroxylation is 1. The average molecular weight is 234 g/mol. The minimum absolute atomic E-state index is 0.190. The fourth-order valence-corrected chi connectivity index (χ4v) is 2.07. The molecule has 1 fully saturated rings. The predicted octanol–water partition coefficient (Wildman–Crippen LogP) is 1.60. The lowest BCUT2D eigenvalue weighted by atomic mass is 10.1. The van der Waals surface area contributed by atoms with Gasteiger partial charge >= 0.3 is 0 Å². The van der Waals surface area contributed by atoms with E-state index in [4.69, 9.17) is 14.2 Å². The Morgan fingerprint density at radius 2 is 2.18 bits per heavy atom.